The first kappa shape index (κ1) is 15.6. The monoisotopic (exact) mass is 351 g/mol. The molecule has 1 aromatic heterocycles. The van der Waals surface area contributed by atoms with Crippen molar-refractivity contribution in [1.29, 1.82) is 0 Å². The van der Waals surface area contributed by atoms with Gasteiger partial charge in [0, 0.05) is 23.8 Å². The Morgan fingerprint density at radius 1 is 1.50 bits per heavy atom. The van der Waals surface area contributed by atoms with Gasteiger partial charge in [-0.05, 0) is 53.4 Å². The second-order valence-electron chi connectivity index (χ2n) is 5.20. The van der Waals surface area contributed by atoms with Crippen LogP contribution in [-0.2, 0) is 0 Å². The third-order valence-electron chi connectivity index (χ3n) is 3.38. The molecule has 112 valence electrons. The zero-order valence-corrected chi connectivity index (χ0v) is 12.8. The Bertz CT molecular complexity index is 465. The number of halogens is 4. The van der Waals surface area contributed by atoms with Crippen molar-refractivity contribution in [3.8, 4) is 0 Å². The molecule has 2 rings (SSSR count). The molecule has 0 spiro atoms. The summed E-state index contributed by atoms with van der Waals surface area (Å²) in [6.07, 6.45) is -1.61. The van der Waals surface area contributed by atoms with Crippen LogP contribution in [0.4, 0.5) is 19.0 Å². The highest BCUT2D eigenvalue weighted by Gasteiger charge is 2.34. The summed E-state index contributed by atoms with van der Waals surface area (Å²) in [7, 11) is 0. The number of aromatic nitrogens is 1. The van der Waals surface area contributed by atoms with E-state index in [2.05, 4.69) is 26.2 Å². The fourth-order valence-electron chi connectivity index (χ4n) is 2.44. The number of pyridine rings is 1. The van der Waals surface area contributed by atoms with Gasteiger partial charge in [0.05, 0.1) is 6.54 Å². The van der Waals surface area contributed by atoms with Crippen molar-refractivity contribution in [3.63, 3.8) is 0 Å². The molecule has 0 aromatic carbocycles. The van der Waals surface area contributed by atoms with Gasteiger partial charge in [-0.1, -0.05) is 0 Å². The minimum atomic E-state index is -4.10. The molecule has 1 aromatic rings. The molecule has 20 heavy (non-hydrogen) atoms. The fraction of sp³-hybridized carbons (Fsp3) is 0.615. The summed E-state index contributed by atoms with van der Waals surface area (Å²) < 4.78 is 37.8. The van der Waals surface area contributed by atoms with Crippen molar-refractivity contribution < 1.29 is 13.2 Å². The SMILES string of the molecule is Cc1cc(Br)cnc1NCC1CCN(CC(F)(F)F)C1. The third kappa shape index (κ3) is 4.63. The number of likely N-dealkylation sites (tertiary alicyclic amines) is 1. The van der Waals surface area contributed by atoms with Crippen molar-refractivity contribution in [2.45, 2.75) is 19.5 Å². The molecule has 1 atom stereocenters. The third-order valence-corrected chi connectivity index (χ3v) is 3.81. The molecule has 0 amide bonds. The second kappa shape index (κ2) is 6.30. The Balaban J connectivity index is 1.81. The number of hydrogen-bond acceptors (Lipinski definition) is 3. The number of rotatable bonds is 4. The predicted molar refractivity (Wildman–Crippen MR) is 75.8 cm³/mol. The van der Waals surface area contributed by atoms with Crippen LogP contribution in [0.15, 0.2) is 16.7 Å². The summed E-state index contributed by atoms with van der Waals surface area (Å²) in [6.45, 7) is 2.80. The minimum absolute atomic E-state index is 0.238. The average Bonchev–Trinajstić information content (AvgIpc) is 2.73. The van der Waals surface area contributed by atoms with Crippen LogP contribution < -0.4 is 5.32 Å². The molecule has 0 saturated carbocycles. The normalized spacial score (nSPS) is 20.4. The molecule has 1 N–H and O–H groups in total. The molecule has 1 fully saturated rings. The predicted octanol–water partition coefficient (Wildman–Crippen LogP) is 3.45. The summed E-state index contributed by atoms with van der Waals surface area (Å²) in [6, 6.07) is 1.96. The van der Waals surface area contributed by atoms with E-state index in [4.69, 9.17) is 0 Å². The first-order valence-electron chi connectivity index (χ1n) is 6.48. The Morgan fingerprint density at radius 2 is 2.25 bits per heavy atom. The van der Waals surface area contributed by atoms with E-state index in [0.717, 1.165) is 22.3 Å². The van der Waals surface area contributed by atoms with Crippen molar-refractivity contribution in [1.82, 2.24) is 9.88 Å². The van der Waals surface area contributed by atoms with Gasteiger partial charge in [-0.15, -0.1) is 0 Å². The maximum atomic E-state index is 12.3. The van der Waals surface area contributed by atoms with Gasteiger partial charge < -0.3 is 5.32 Å². The molecule has 0 aliphatic carbocycles. The Kier molecular flexibility index (Phi) is 4.90. The fourth-order valence-corrected chi connectivity index (χ4v) is 2.89. The van der Waals surface area contributed by atoms with Crippen molar-refractivity contribution >= 4 is 21.7 Å². The van der Waals surface area contributed by atoms with E-state index in [1.54, 1.807) is 6.20 Å². The molecule has 1 aliphatic heterocycles. The van der Waals surface area contributed by atoms with Gasteiger partial charge in [0.25, 0.3) is 0 Å². The molecule has 2 heterocycles. The van der Waals surface area contributed by atoms with Gasteiger partial charge in [0.1, 0.15) is 5.82 Å². The summed E-state index contributed by atoms with van der Waals surface area (Å²) in [5.41, 5.74) is 1.02. The second-order valence-corrected chi connectivity index (χ2v) is 6.12. The van der Waals surface area contributed by atoms with Crippen molar-refractivity contribution in [2.75, 3.05) is 31.5 Å². The van der Waals surface area contributed by atoms with E-state index in [1.165, 1.54) is 4.90 Å². The average molecular weight is 352 g/mol. The van der Waals surface area contributed by atoms with Crippen LogP contribution in [0.25, 0.3) is 0 Å². The lowest BCUT2D eigenvalue weighted by Crippen LogP contribution is -2.33. The van der Waals surface area contributed by atoms with E-state index in [-0.39, 0.29) is 5.92 Å². The van der Waals surface area contributed by atoms with Crippen LogP contribution >= 0.6 is 15.9 Å². The number of anilines is 1. The number of nitrogens with zero attached hydrogens (tertiary/aromatic N) is 2. The van der Waals surface area contributed by atoms with Crippen LogP contribution in [0.3, 0.4) is 0 Å². The van der Waals surface area contributed by atoms with Gasteiger partial charge in [0.2, 0.25) is 0 Å². The highest BCUT2D eigenvalue weighted by molar-refractivity contribution is 9.10. The molecule has 3 nitrogen and oxygen atoms in total. The summed E-state index contributed by atoms with van der Waals surface area (Å²) in [5.74, 6) is 1.03. The standard InChI is InChI=1S/C13H17BrF3N3/c1-9-4-11(14)6-19-12(9)18-5-10-2-3-20(7-10)8-13(15,16)17/h4,6,10H,2-3,5,7-8H2,1H3,(H,18,19). The van der Waals surface area contributed by atoms with E-state index >= 15 is 0 Å². The van der Waals surface area contributed by atoms with Gasteiger partial charge in [0.15, 0.2) is 0 Å². The molecule has 0 radical (unpaired) electrons. The Morgan fingerprint density at radius 3 is 2.90 bits per heavy atom. The summed E-state index contributed by atoms with van der Waals surface area (Å²) >= 11 is 3.35. The topological polar surface area (TPSA) is 28.2 Å². The lowest BCUT2D eigenvalue weighted by atomic mass is 10.1. The van der Waals surface area contributed by atoms with Gasteiger partial charge in [-0.3, -0.25) is 4.90 Å². The highest BCUT2D eigenvalue weighted by Crippen LogP contribution is 2.23. The van der Waals surface area contributed by atoms with Crippen LogP contribution in [0.5, 0.6) is 0 Å². The lowest BCUT2D eigenvalue weighted by Gasteiger charge is -2.18. The largest absolute Gasteiger partial charge is 0.401 e. The number of aryl methyl sites for hydroxylation is 1. The molecule has 1 saturated heterocycles. The zero-order valence-electron chi connectivity index (χ0n) is 11.2. The lowest BCUT2D eigenvalue weighted by molar-refractivity contribution is -0.143. The molecular weight excluding hydrogens is 335 g/mol. The first-order valence-corrected chi connectivity index (χ1v) is 7.28. The van der Waals surface area contributed by atoms with E-state index in [9.17, 15) is 13.2 Å². The highest BCUT2D eigenvalue weighted by atomic mass is 79.9. The van der Waals surface area contributed by atoms with Gasteiger partial charge >= 0.3 is 6.18 Å². The number of nitrogens with one attached hydrogen (secondary N) is 1. The number of alkyl halides is 3. The smallest absolute Gasteiger partial charge is 0.370 e. The van der Waals surface area contributed by atoms with Crippen LogP contribution in [0.1, 0.15) is 12.0 Å². The van der Waals surface area contributed by atoms with E-state index in [0.29, 0.717) is 19.6 Å². The Labute approximate surface area is 124 Å². The minimum Gasteiger partial charge on any atom is -0.370 e. The number of hydrogen-bond donors (Lipinski definition) is 1. The summed E-state index contributed by atoms with van der Waals surface area (Å²) in [5, 5.41) is 3.23. The summed E-state index contributed by atoms with van der Waals surface area (Å²) in [4.78, 5) is 5.73. The molecule has 1 unspecified atom stereocenters. The van der Waals surface area contributed by atoms with Crippen molar-refractivity contribution in [3.05, 3.63) is 22.3 Å². The molecular formula is C13H17BrF3N3. The molecule has 0 bridgehead atoms. The quantitative estimate of drug-likeness (QED) is 0.900. The van der Waals surface area contributed by atoms with Gasteiger partial charge in [-0.2, -0.15) is 13.2 Å². The van der Waals surface area contributed by atoms with Crippen LogP contribution in [0, 0.1) is 12.8 Å². The zero-order chi connectivity index (χ0) is 14.8. The van der Waals surface area contributed by atoms with Gasteiger partial charge in [-0.25, -0.2) is 4.98 Å². The van der Waals surface area contributed by atoms with Crippen LogP contribution in [-0.4, -0.2) is 42.2 Å². The Hall–Kier alpha value is -0.820. The maximum absolute atomic E-state index is 12.3. The maximum Gasteiger partial charge on any atom is 0.401 e. The van der Waals surface area contributed by atoms with E-state index in [1.807, 2.05) is 13.0 Å². The van der Waals surface area contributed by atoms with Crippen molar-refractivity contribution in [2.24, 2.45) is 5.92 Å². The molecule has 1 aliphatic rings. The van der Waals surface area contributed by atoms with Crippen LogP contribution in [0.2, 0.25) is 0 Å². The molecule has 7 heteroatoms. The van der Waals surface area contributed by atoms with E-state index < -0.39 is 12.7 Å². The first-order chi connectivity index (χ1) is 9.33.